The molecule has 2 aromatic heterocycles. The summed E-state index contributed by atoms with van der Waals surface area (Å²) in [5.74, 6) is 0.518. The Morgan fingerprint density at radius 1 is 1.06 bits per heavy atom. The van der Waals surface area contributed by atoms with E-state index in [2.05, 4.69) is 9.97 Å². The quantitative estimate of drug-likeness (QED) is 0.673. The molecule has 0 unspecified atom stereocenters. The Labute approximate surface area is 97.6 Å². The fourth-order valence-electron chi connectivity index (χ4n) is 1.89. The summed E-state index contributed by atoms with van der Waals surface area (Å²) in [6, 6.07) is 8.61. The molecule has 0 aliphatic rings. The molecule has 0 saturated carbocycles. The average Bonchev–Trinajstić information content (AvgIpc) is 2.76. The van der Waals surface area contributed by atoms with Crippen LogP contribution in [-0.4, -0.2) is 14.5 Å². The van der Waals surface area contributed by atoms with Crippen LogP contribution in [0.5, 0.6) is 0 Å². The standard InChI is InChI=1S/C13H10FN3/c14-11-3-1-4-12-10(11)5-8-17(12)9-13-15-6-2-7-16-13/h1-8H,9H2. The lowest BCUT2D eigenvalue weighted by Gasteiger charge is -2.03. The van der Waals surface area contributed by atoms with E-state index in [1.54, 1.807) is 30.6 Å². The molecule has 0 atom stereocenters. The molecule has 0 aliphatic carbocycles. The summed E-state index contributed by atoms with van der Waals surface area (Å²) in [5, 5.41) is 0.628. The Morgan fingerprint density at radius 3 is 2.71 bits per heavy atom. The van der Waals surface area contributed by atoms with E-state index in [9.17, 15) is 4.39 Å². The van der Waals surface area contributed by atoms with Gasteiger partial charge in [0.05, 0.1) is 12.1 Å². The van der Waals surface area contributed by atoms with Crippen molar-refractivity contribution in [3.05, 3.63) is 60.6 Å². The lowest BCUT2D eigenvalue weighted by atomic mass is 10.2. The van der Waals surface area contributed by atoms with Crippen molar-refractivity contribution >= 4 is 10.9 Å². The number of benzene rings is 1. The minimum Gasteiger partial charge on any atom is -0.340 e. The molecule has 0 aliphatic heterocycles. The third kappa shape index (κ3) is 1.78. The van der Waals surface area contributed by atoms with Crippen LogP contribution < -0.4 is 0 Å². The van der Waals surface area contributed by atoms with Crippen LogP contribution in [0.3, 0.4) is 0 Å². The summed E-state index contributed by atoms with van der Waals surface area (Å²) in [6.07, 6.45) is 5.26. The monoisotopic (exact) mass is 227 g/mol. The third-order valence-corrected chi connectivity index (χ3v) is 2.69. The summed E-state index contributed by atoms with van der Waals surface area (Å²) in [7, 11) is 0. The van der Waals surface area contributed by atoms with Gasteiger partial charge in [-0.05, 0) is 24.3 Å². The predicted octanol–water partition coefficient (Wildman–Crippen LogP) is 2.62. The summed E-state index contributed by atoms with van der Waals surface area (Å²) in [6.45, 7) is 0.549. The van der Waals surface area contributed by atoms with Crippen molar-refractivity contribution in [1.29, 1.82) is 0 Å². The van der Waals surface area contributed by atoms with Crippen LogP contribution in [0.1, 0.15) is 5.82 Å². The number of aromatic nitrogens is 3. The van der Waals surface area contributed by atoms with Crippen molar-refractivity contribution in [1.82, 2.24) is 14.5 Å². The van der Waals surface area contributed by atoms with Gasteiger partial charge in [0.1, 0.15) is 11.6 Å². The highest BCUT2D eigenvalue weighted by Crippen LogP contribution is 2.19. The molecular formula is C13H10FN3. The highest BCUT2D eigenvalue weighted by Gasteiger charge is 2.05. The molecule has 1 aromatic carbocycles. The molecule has 0 fully saturated rings. The SMILES string of the molecule is Fc1cccc2c1ccn2Cc1ncccn1. The van der Waals surface area contributed by atoms with Gasteiger partial charge in [0.25, 0.3) is 0 Å². The zero-order valence-electron chi connectivity index (χ0n) is 9.05. The first kappa shape index (κ1) is 9.96. The van der Waals surface area contributed by atoms with E-state index in [1.807, 2.05) is 16.8 Å². The molecule has 2 heterocycles. The average molecular weight is 227 g/mol. The minimum atomic E-state index is -0.199. The lowest BCUT2D eigenvalue weighted by molar-refractivity contribution is 0.639. The van der Waals surface area contributed by atoms with Gasteiger partial charge in [0.2, 0.25) is 0 Å². The van der Waals surface area contributed by atoms with Gasteiger partial charge in [0, 0.05) is 24.0 Å². The largest absolute Gasteiger partial charge is 0.340 e. The summed E-state index contributed by atoms with van der Waals surface area (Å²) in [5.41, 5.74) is 0.859. The summed E-state index contributed by atoms with van der Waals surface area (Å²) < 4.78 is 15.4. The van der Waals surface area contributed by atoms with Crippen LogP contribution in [0.25, 0.3) is 10.9 Å². The van der Waals surface area contributed by atoms with Crippen molar-refractivity contribution in [2.75, 3.05) is 0 Å². The minimum absolute atomic E-state index is 0.199. The van der Waals surface area contributed by atoms with E-state index >= 15 is 0 Å². The fourth-order valence-corrected chi connectivity index (χ4v) is 1.89. The zero-order chi connectivity index (χ0) is 11.7. The molecule has 0 saturated heterocycles. The molecule has 0 radical (unpaired) electrons. The van der Waals surface area contributed by atoms with Gasteiger partial charge in [-0.25, -0.2) is 14.4 Å². The Balaban J connectivity index is 2.05. The number of rotatable bonds is 2. The van der Waals surface area contributed by atoms with Crippen molar-refractivity contribution in [3.63, 3.8) is 0 Å². The van der Waals surface area contributed by atoms with Crippen LogP contribution in [-0.2, 0) is 6.54 Å². The van der Waals surface area contributed by atoms with E-state index in [0.29, 0.717) is 17.8 Å². The number of hydrogen-bond donors (Lipinski definition) is 0. The molecule has 0 spiro atoms. The van der Waals surface area contributed by atoms with E-state index in [1.165, 1.54) is 6.07 Å². The second-order valence-electron chi connectivity index (χ2n) is 3.78. The van der Waals surface area contributed by atoms with Crippen LogP contribution in [0.15, 0.2) is 48.9 Å². The Bertz CT molecular complexity index is 646. The predicted molar refractivity (Wildman–Crippen MR) is 63.0 cm³/mol. The maximum atomic E-state index is 13.5. The van der Waals surface area contributed by atoms with Gasteiger partial charge in [-0.15, -0.1) is 0 Å². The van der Waals surface area contributed by atoms with Crippen molar-refractivity contribution in [3.8, 4) is 0 Å². The maximum Gasteiger partial charge on any atom is 0.147 e. The number of halogens is 1. The first-order valence-electron chi connectivity index (χ1n) is 5.34. The van der Waals surface area contributed by atoms with E-state index in [-0.39, 0.29) is 5.82 Å². The molecule has 3 rings (SSSR count). The zero-order valence-corrected chi connectivity index (χ0v) is 9.05. The molecule has 4 heteroatoms. The molecule has 3 aromatic rings. The van der Waals surface area contributed by atoms with Crippen LogP contribution in [0, 0.1) is 5.82 Å². The first-order chi connectivity index (χ1) is 8.34. The molecule has 0 bridgehead atoms. The van der Waals surface area contributed by atoms with Crippen molar-refractivity contribution in [2.24, 2.45) is 0 Å². The molecular weight excluding hydrogens is 217 g/mol. The highest BCUT2D eigenvalue weighted by molar-refractivity contribution is 5.80. The lowest BCUT2D eigenvalue weighted by Crippen LogP contribution is -2.02. The molecule has 17 heavy (non-hydrogen) atoms. The second-order valence-corrected chi connectivity index (χ2v) is 3.78. The topological polar surface area (TPSA) is 30.7 Å². The molecule has 0 N–H and O–H groups in total. The van der Waals surface area contributed by atoms with Gasteiger partial charge in [-0.2, -0.15) is 0 Å². The number of nitrogens with zero attached hydrogens (tertiary/aromatic N) is 3. The van der Waals surface area contributed by atoms with Gasteiger partial charge in [0.15, 0.2) is 0 Å². The Kier molecular flexibility index (Phi) is 2.33. The normalized spacial score (nSPS) is 10.9. The third-order valence-electron chi connectivity index (χ3n) is 2.69. The van der Waals surface area contributed by atoms with Gasteiger partial charge in [-0.1, -0.05) is 6.07 Å². The van der Waals surface area contributed by atoms with Crippen molar-refractivity contribution < 1.29 is 4.39 Å². The summed E-state index contributed by atoms with van der Waals surface area (Å²) >= 11 is 0. The molecule has 3 nitrogen and oxygen atoms in total. The van der Waals surface area contributed by atoms with Crippen LogP contribution >= 0.6 is 0 Å². The first-order valence-corrected chi connectivity index (χ1v) is 5.34. The van der Waals surface area contributed by atoms with Crippen molar-refractivity contribution in [2.45, 2.75) is 6.54 Å². The van der Waals surface area contributed by atoms with Crippen LogP contribution in [0.2, 0.25) is 0 Å². The smallest absolute Gasteiger partial charge is 0.147 e. The Morgan fingerprint density at radius 2 is 1.88 bits per heavy atom. The van der Waals surface area contributed by atoms with E-state index in [0.717, 1.165) is 5.52 Å². The summed E-state index contributed by atoms with van der Waals surface area (Å²) in [4.78, 5) is 8.31. The molecule has 0 amide bonds. The fraction of sp³-hybridized carbons (Fsp3) is 0.0769. The second kappa shape index (κ2) is 3.97. The number of fused-ring (bicyclic) bond motifs is 1. The van der Waals surface area contributed by atoms with E-state index < -0.39 is 0 Å². The molecule has 84 valence electrons. The van der Waals surface area contributed by atoms with Gasteiger partial charge in [-0.3, -0.25) is 0 Å². The highest BCUT2D eigenvalue weighted by atomic mass is 19.1. The van der Waals surface area contributed by atoms with E-state index in [4.69, 9.17) is 0 Å². The Hall–Kier alpha value is -2.23. The maximum absolute atomic E-state index is 13.5. The van der Waals surface area contributed by atoms with Gasteiger partial charge < -0.3 is 4.57 Å². The number of hydrogen-bond acceptors (Lipinski definition) is 2. The van der Waals surface area contributed by atoms with Gasteiger partial charge >= 0.3 is 0 Å². The van der Waals surface area contributed by atoms with Crippen LogP contribution in [0.4, 0.5) is 4.39 Å².